The lowest BCUT2D eigenvalue weighted by Crippen LogP contribution is -2.27. The standard InChI is InChI=1S/C17H17N5O2S/c1-21(2)16(24)15(12-6-4-3-5-7-12)25-17-18-19-20-22(17)13-8-10-14(23)11-9-13/h3-11,15,23H,1-2H3/t15-/m0/s1. The van der Waals surface area contributed by atoms with Crippen LogP contribution < -0.4 is 0 Å². The highest BCUT2D eigenvalue weighted by molar-refractivity contribution is 8.00. The molecular formula is C17H17N5O2S. The zero-order valence-corrected chi connectivity index (χ0v) is 14.6. The molecular weight excluding hydrogens is 338 g/mol. The molecule has 0 saturated carbocycles. The summed E-state index contributed by atoms with van der Waals surface area (Å²) in [6.45, 7) is 0. The van der Waals surface area contributed by atoms with Crippen molar-refractivity contribution in [2.75, 3.05) is 14.1 Å². The third-order valence-electron chi connectivity index (χ3n) is 3.53. The van der Waals surface area contributed by atoms with Gasteiger partial charge in [0, 0.05) is 14.1 Å². The van der Waals surface area contributed by atoms with Gasteiger partial charge in [-0.05, 0) is 40.3 Å². The molecule has 0 spiro atoms. The highest BCUT2D eigenvalue weighted by atomic mass is 32.2. The number of thioether (sulfide) groups is 1. The summed E-state index contributed by atoms with van der Waals surface area (Å²) in [5.41, 5.74) is 1.58. The molecule has 0 saturated heterocycles. The van der Waals surface area contributed by atoms with E-state index in [1.165, 1.54) is 11.8 Å². The summed E-state index contributed by atoms with van der Waals surface area (Å²) >= 11 is 1.28. The number of hydrogen-bond donors (Lipinski definition) is 1. The van der Waals surface area contributed by atoms with Gasteiger partial charge < -0.3 is 10.0 Å². The minimum absolute atomic E-state index is 0.0449. The Balaban J connectivity index is 1.95. The van der Waals surface area contributed by atoms with Crippen LogP contribution in [0.25, 0.3) is 5.69 Å². The van der Waals surface area contributed by atoms with E-state index in [9.17, 15) is 9.90 Å². The Morgan fingerprint density at radius 1 is 1.12 bits per heavy atom. The number of phenolic OH excluding ortho intramolecular Hbond substituents is 1. The molecule has 1 aromatic heterocycles. The van der Waals surface area contributed by atoms with Crippen LogP contribution in [0, 0.1) is 0 Å². The van der Waals surface area contributed by atoms with Gasteiger partial charge in [-0.25, -0.2) is 0 Å². The van der Waals surface area contributed by atoms with E-state index < -0.39 is 5.25 Å². The van der Waals surface area contributed by atoms with E-state index in [0.717, 1.165) is 5.56 Å². The third kappa shape index (κ3) is 3.80. The molecule has 0 radical (unpaired) electrons. The van der Waals surface area contributed by atoms with Crippen LogP contribution in [0.15, 0.2) is 59.8 Å². The van der Waals surface area contributed by atoms with Crippen molar-refractivity contribution in [3.8, 4) is 11.4 Å². The van der Waals surface area contributed by atoms with Gasteiger partial charge in [-0.15, -0.1) is 5.10 Å². The van der Waals surface area contributed by atoms with Crippen molar-refractivity contribution in [1.29, 1.82) is 0 Å². The number of likely N-dealkylation sites (N-methyl/N-ethyl adjacent to an activating group) is 1. The van der Waals surface area contributed by atoms with Crippen LogP contribution in [0.5, 0.6) is 5.75 Å². The number of carbonyl (C=O) groups excluding carboxylic acids is 1. The number of aromatic hydroxyl groups is 1. The number of nitrogens with zero attached hydrogens (tertiary/aromatic N) is 5. The van der Waals surface area contributed by atoms with Gasteiger partial charge in [0.2, 0.25) is 11.1 Å². The molecule has 2 aromatic carbocycles. The number of rotatable bonds is 5. The molecule has 3 rings (SSSR count). The second-order valence-electron chi connectivity index (χ2n) is 5.53. The van der Waals surface area contributed by atoms with Gasteiger partial charge in [0.25, 0.3) is 0 Å². The first-order valence-corrected chi connectivity index (χ1v) is 8.45. The monoisotopic (exact) mass is 355 g/mol. The van der Waals surface area contributed by atoms with Gasteiger partial charge in [-0.3, -0.25) is 4.79 Å². The lowest BCUT2D eigenvalue weighted by molar-refractivity contribution is -0.128. The van der Waals surface area contributed by atoms with Gasteiger partial charge in [-0.2, -0.15) is 4.68 Å². The van der Waals surface area contributed by atoms with Crippen molar-refractivity contribution in [2.45, 2.75) is 10.4 Å². The Labute approximate surface area is 149 Å². The van der Waals surface area contributed by atoms with Gasteiger partial charge in [0.05, 0.1) is 5.69 Å². The fraction of sp³-hybridized carbons (Fsp3) is 0.176. The summed E-state index contributed by atoms with van der Waals surface area (Å²) < 4.78 is 1.54. The molecule has 25 heavy (non-hydrogen) atoms. The maximum absolute atomic E-state index is 12.7. The molecule has 8 heteroatoms. The third-order valence-corrected chi connectivity index (χ3v) is 4.70. The Morgan fingerprint density at radius 2 is 1.80 bits per heavy atom. The minimum Gasteiger partial charge on any atom is -0.508 e. The second kappa shape index (κ2) is 7.35. The molecule has 1 atom stereocenters. The maximum Gasteiger partial charge on any atom is 0.240 e. The van der Waals surface area contributed by atoms with Crippen molar-refractivity contribution in [3.63, 3.8) is 0 Å². The molecule has 1 amide bonds. The van der Waals surface area contributed by atoms with Crippen molar-refractivity contribution >= 4 is 17.7 Å². The van der Waals surface area contributed by atoms with E-state index in [1.807, 2.05) is 30.3 Å². The average molecular weight is 355 g/mol. The highest BCUT2D eigenvalue weighted by Crippen LogP contribution is 2.35. The van der Waals surface area contributed by atoms with Crippen molar-refractivity contribution in [3.05, 3.63) is 60.2 Å². The SMILES string of the molecule is CN(C)C(=O)[C@@H](Sc1nnnn1-c1ccc(O)cc1)c1ccccc1. The van der Waals surface area contributed by atoms with E-state index in [4.69, 9.17) is 0 Å². The van der Waals surface area contributed by atoms with E-state index in [-0.39, 0.29) is 11.7 Å². The number of tetrazole rings is 1. The molecule has 0 aliphatic rings. The molecule has 0 unspecified atom stereocenters. The van der Waals surface area contributed by atoms with E-state index in [0.29, 0.717) is 10.8 Å². The van der Waals surface area contributed by atoms with Gasteiger partial charge >= 0.3 is 0 Å². The van der Waals surface area contributed by atoms with Crippen LogP contribution >= 0.6 is 11.8 Å². The van der Waals surface area contributed by atoms with Gasteiger partial charge in [0.15, 0.2) is 0 Å². The van der Waals surface area contributed by atoms with Gasteiger partial charge in [0.1, 0.15) is 11.0 Å². The van der Waals surface area contributed by atoms with E-state index >= 15 is 0 Å². The summed E-state index contributed by atoms with van der Waals surface area (Å²) in [7, 11) is 3.45. The number of phenols is 1. The molecule has 0 fully saturated rings. The first kappa shape index (κ1) is 17.0. The molecule has 1 N–H and O–H groups in total. The number of benzene rings is 2. The van der Waals surface area contributed by atoms with Crippen molar-refractivity contribution in [1.82, 2.24) is 25.1 Å². The smallest absolute Gasteiger partial charge is 0.240 e. The quantitative estimate of drug-likeness (QED) is 0.707. The fourth-order valence-corrected chi connectivity index (χ4v) is 3.38. The Hall–Kier alpha value is -2.87. The lowest BCUT2D eigenvalue weighted by atomic mass is 10.1. The maximum atomic E-state index is 12.7. The lowest BCUT2D eigenvalue weighted by Gasteiger charge is -2.20. The molecule has 0 aliphatic carbocycles. The first-order chi connectivity index (χ1) is 12.1. The Bertz CT molecular complexity index is 849. The molecule has 128 valence electrons. The molecule has 0 aliphatic heterocycles. The minimum atomic E-state index is -0.460. The number of amides is 1. The van der Waals surface area contributed by atoms with Crippen LogP contribution in [-0.2, 0) is 4.79 Å². The van der Waals surface area contributed by atoms with Crippen LogP contribution in [-0.4, -0.2) is 50.2 Å². The Kier molecular flexibility index (Phi) is 4.99. The summed E-state index contributed by atoms with van der Waals surface area (Å²) in [4.78, 5) is 14.2. The van der Waals surface area contributed by atoms with Crippen molar-refractivity contribution < 1.29 is 9.90 Å². The van der Waals surface area contributed by atoms with E-state index in [2.05, 4.69) is 15.5 Å². The normalized spacial score (nSPS) is 11.9. The topological polar surface area (TPSA) is 84.1 Å². The van der Waals surface area contributed by atoms with E-state index in [1.54, 1.807) is 47.9 Å². The summed E-state index contributed by atoms with van der Waals surface area (Å²) in [5.74, 6) is 0.118. The zero-order chi connectivity index (χ0) is 17.8. The number of aromatic nitrogens is 4. The second-order valence-corrected chi connectivity index (χ2v) is 6.60. The van der Waals surface area contributed by atoms with Crippen LogP contribution in [0.1, 0.15) is 10.8 Å². The summed E-state index contributed by atoms with van der Waals surface area (Å²) in [6.07, 6.45) is 0. The fourth-order valence-electron chi connectivity index (χ4n) is 2.24. The molecule has 1 heterocycles. The summed E-state index contributed by atoms with van der Waals surface area (Å²) in [5, 5.41) is 21.2. The molecule has 0 bridgehead atoms. The number of hydrogen-bond acceptors (Lipinski definition) is 6. The molecule has 7 nitrogen and oxygen atoms in total. The average Bonchev–Trinajstić information content (AvgIpc) is 3.08. The van der Waals surface area contributed by atoms with Crippen molar-refractivity contribution in [2.24, 2.45) is 0 Å². The largest absolute Gasteiger partial charge is 0.508 e. The van der Waals surface area contributed by atoms with Gasteiger partial charge in [-0.1, -0.05) is 42.1 Å². The van der Waals surface area contributed by atoms with Crippen LogP contribution in [0.3, 0.4) is 0 Å². The first-order valence-electron chi connectivity index (χ1n) is 7.57. The number of carbonyl (C=O) groups is 1. The summed E-state index contributed by atoms with van der Waals surface area (Å²) in [6, 6.07) is 16.1. The predicted molar refractivity (Wildman–Crippen MR) is 94.6 cm³/mol. The molecule has 3 aromatic rings. The van der Waals surface area contributed by atoms with Crippen LogP contribution in [0.2, 0.25) is 0 Å². The zero-order valence-electron chi connectivity index (χ0n) is 13.8. The highest BCUT2D eigenvalue weighted by Gasteiger charge is 2.26. The predicted octanol–water partition coefficient (Wildman–Crippen LogP) is 2.29. The Morgan fingerprint density at radius 3 is 2.44 bits per heavy atom. The van der Waals surface area contributed by atoms with Crippen LogP contribution in [0.4, 0.5) is 0 Å².